The Morgan fingerprint density at radius 1 is 1.32 bits per heavy atom. The van der Waals surface area contributed by atoms with Crippen LogP contribution in [0.1, 0.15) is 48.0 Å². The van der Waals surface area contributed by atoms with Gasteiger partial charge in [-0.2, -0.15) is 0 Å². The second-order valence-electron chi connectivity index (χ2n) is 6.49. The van der Waals surface area contributed by atoms with Crippen molar-refractivity contribution in [1.29, 1.82) is 0 Å². The van der Waals surface area contributed by atoms with E-state index in [-0.39, 0.29) is 5.91 Å². The Bertz CT molecular complexity index is 698. The fourth-order valence-corrected chi connectivity index (χ4v) is 3.14. The highest BCUT2D eigenvalue weighted by atomic mass is 16.1. The summed E-state index contributed by atoms with van der Waals surface area (Å²) in [7, 11) is 0. The van der Waals surface area contributed by atoms with Gasteiger partial charge in [-0.05, 0) is 57.0 Å². The first-order chi connectivity index (χ1) is 12.2. The van der Waals surface area contributed by atoms with Crippen molar-refractivity contribution in [3.05, 3.63) is 53.4 Å². The van der Waals surface area contributed by atoms with Crippen molar-refractivity contribution in [3.63, 3.8) is 0 Å². The van der Waals surface area contributed by atoms with Crippen LogP contribution in [-0.4, -0.2) is 33.9 Å². The average molecular weight is 339 g/mol. The molecular weight excluding hydrogens is 314 g/mol. The quantitative estimate of drug-likeness (QED) is 0.840. The summed E-state index contributed by atoms with van der Waals surface area (Å²) >= 11 is 0. The lowest BCUT2D eigenvalue weighted by Gasteiger charge is -2.22. The average Bonchev–Trinajstić information content (AvgIpc) is 2.66. The van der Waals surface area contributed by atoms with Crippen molar-refractivity contribution in [2.75, 3.05) is 13.1 Å². The van der Waals surface area contributed by atoms with Crippen LogP contribution in [0, 0.1) is 6.92 Å². The molecule has 0 atom stereocenters. The van der Waals surface area contributed by atoms with Gasteiger partial charge < -0.3 is 10.6 Å². The molecule has 3 heterocycles. The maximum absolute atomic E-state index is 12.1. The summed E-state index contributed by atoms with van der Waals surface area (Å²) in [6, 6.07) is 5.90. The highest BCUT2D eigenvalue weighted by Crippen LogP contribution is 2.24. The monoisotopic (exact) mass is 339 g/mol. The Morgan fingerprint density at radius 2 is 2.16 bits per heavy atom. The summed E-state index contributed by atoms with van der Waals surface area (Å²) < 4.78 is 0. The third-order valence-corrected chi connectivity index (χ3v) is 4.49. The molecule has 0 radical (unpaired) electrons. The van der Waals surface area contributed by atoms with Gasteiger partial charge in [0.15, 0.2) is 0 Å². The maximum Gasteiger partial charge on any atom is 0.220 e. The zero-order chi connectivity index (χ0) is 17.5. The van der Waals surface area contributed by atoms with E-state index in [1.807, 2.05) is 19.1 Å². The topological polar surface area (TPSA) is 79.8 Å². The predicted molar refractivity (Wildman–Crippen MR) is 96.0 cm³/mol. The van der Waals surface area contributed by atoms with Gasteiger partial charge in [-0.3, -0.25) is 9.78 Å². The molecule has 25 heavy (non-hydrogen) atoms. The fourth-order valence-electron chi connectivity index (χ4n) is 3.14. The van der Waals surface area contributed by atoms with Crippen LogP contribution in [0.5, 0.6) is 0 Å². The highest BCUT2D eigenvalue weighted by molar-refractivity contribution is 5.76. The molecular formula is C19H25N5O. The minimum atomic E-state index is 0.0311. The van der Waals surface area contributed by atoms with Gasteiger partial charge in [-0.15, -0.1) is 0 Å². The Hall–Kier alpha value is -2.34. The van der Waals surface area contributed by atoms with Crippen LogP contribution in [0.15, 0.2) is 30.6 Å². The minimum Gasteiger partial charge on any atom is -0.352 e. The van der Waals surface area contributed by atoms with E-state index in [2.05, 4.69) is 31.7 Å². The second-order valence-corrected chi connectivity index (χ2v) is 6.49. The number of piperidine rings is 1. The number of rotatable bonds is 6. The molecule has 1 aliphatic rings. The van der Waals surface area contributed by atoms with Gasteiger partial charge in [0.1, 0.15) is 5.82 Å². The maximum atomic E-state index is 12.1. The Balaban J connectivity index is 1.53. The molecule has 0 aromatic carbocycles. The zero-order valence-electron chi connectivity index (χ0n) is 14.7. The molecule has 2 aromatic rings. The van der Waals surface area contributed by atoms with Gasteiger partial charge in [-0.25, -0.2) is 9.97 Å². The third-order valence-electron chi connectivity index (χ3n) is 4.49. The van der Waals surface area contributed by atoms with Gasteiger partial charge in [0, 0.05) is 42.7 Å². The Labute approximate surface area is 148 Å². The van der Waals surface area contributed by atoms with E-state index in [1.54, 1.807) is 12.4 Å². The standard InChI is InChI=1S/C19H25N5O/c1-14-23-17(11-18(24-14)16-6-9-20-10-7-16)4-5-19(25)22-13-15-3-2-8-21-12-15/h2-3,8,11-12,16,20H,4-7,9-10,13H2,1H3,(H,22,25). The van der Waals surface area contributed by atoms with E-state index >= 15 is 0 Å². The van der Waals surface area contributed by atoms with Crippen LogP contribution in [0.3, 0.4) is 0 Å². The molecule has 132 valence electrons. The number of nitrogens with zero attached hydrogens (tertiary/aromatic N) is 3. The van der Waals surface area contributed by atoms with Crippen molar-refractivity contribution in [3.8, 4) is 0 Å². The molecule has 1 fully saturated rings. The molecule has 2 aromatic heterocycles. The Kier molecular flexibility index (Phi) is 6.06. The molecule has 0 saturated carbocycles. The molecule has 6 nitrogen and oxygen atoms in total. The Morgan fingerprint density at radius 3 is 2.92 bits per heavy atom. The van der Waals surface area contributed by atoms with Gasteiger partial charge in [-0.1, -0.05) is 6.07 Å². The molecule has 2 N–H and O–H groups in total. The number of pyridine rings is 1. The number of carbonyl (C=O) groups is 1. The lowest BCUT2D eigenvalue weighted by atomic mass is 9.93. The fraction of sp³-hybridized carbons (Fsp3) is 0.474. The van der Waals surface area contributed by atoms with Crippen molar-refractivity contribution in [1.82, 2.24) is 25.6 Å². The number of aromatic nitrogens is 3. The molecule has 0 aliphatic carbocycles. The first-order valence-electron chi connectivity index (χ1n) is 8.91. The SMILES string of the molecule is Cc1nc(CCC(=O)NCc2cccnc2)cc(C2CCNCC2)n1. The molecule has 6 heteroatoms. The van der Waals surface area contributed by atoms with Gasteiger partial charge in [0.2, 0.25) is 5.91 Å². The van der Waals surface area contributed by atoms with Crippen LogP contribution in [-0.2, 0) is 17.8 Å². The van der Waals surface area contributed by atoms with E-state index in [0.717, 1.165) is 48.7 Å². The van der Waals surface area contributed by atoms with Gasteiger partial charge in [0.05, 0.1) is 0 Å². The minimum absolute atomic E-state index is 0.0311. The summed E-state index contributed by atoms with van der Waals surface area (Å²) in [6.45, 7) is 4.52. The number of nitrogens with one attached hydrogen (secondary N) is 2. The second kappa shape index (κ2) is 8.67. The number of aryl methyl sites for hydroxylation is 2. The molecule has 3 rings (SSSR count). The van der Waals surface area contributed by atoms with Crippen molar-refractivity contribution in [2.24, 2.45) is 0 Å². The van der Waals surface area contributed by atoms with Gasteiger partial charge >= 0.3 is 0 Å². The van der Waals surface area contributed by atoms with Crippen LogP contribution in [0.25, 0.3) is 0 Å². The van der Waals surface area contributed by atoms with E-state index < -0.39 is 0 Å². The van der Waals surface area contributed by atoms with E-state index in [0.29, 0.717) is 25.3 Å². The summed E-state index contributed by atoms with van der Waals surface area (Å²) in [5.41, 5.74) is 3.08. The van der Waals surface area contributed by atoms with E-state index in [4.69, 9.17) is 0 Å². The molecule has 0 bridgehead atoms. The van der Waals surface area contributed by atoms with Crippen LogP contribution < -0.4 is 10.6 Å². The molecule has 1 saturated heterocycles. The van der Waals surface area contributed by atoms with Crippen LogP contribution in [0.2, 0.25) is 0 Å². The summed E-state index contributed by atoms with van der Waals surface area (Å²) in [5.74, 6) is 1.33. The number of amides is 1. The number of hydrogen-bond donors (Lipinski definition) is 2. The summed E-state index contributed by atoms with van der Waals surface area (Å²) in [4.78, 5) is 25.2. The first-order valence-corrected chi connectivity index (χ1v) is 8.91. The smallest absolute Gasteiger partial charge is 0.220 e. The van der Waals surface area contributed by atoms with Crippen LogP contribution >= 0.6 is 0 Å². The molecule has 0 spiro atoms. The van der Waals surface area contributed by atoms with Gasteiger partial charge in [0.25, 0.3) is 0 Å². The van der Waals surface area contributed by atoms with Crippen molar-refractivity contribution >= 4 is 5.91 Å². The molecule has 0 unspecified atom stereocenters. The van der Waals surface area contributed by atoms with E-state index in [1.165, 1.54) is 0 Å². The van der Waals surface area contributed by atoms with E-state index in [9.17, 15) is 4.79 Å². The summed E-state index contributed by atoms with van der Waals surface area (Å²) in [5, 5.41) is 6.31. The molecule has 1 amide bonds. The largest absolute Gasteiger partial charge is 0.352 e. The lowest BCUT2D eigenvalue weighted by Crippen LogP contribution is -2.27. The van der Waals surface area contributed by atoms with Crippen LogP contribution in [0.4, 0.5) is 0 Å². The zero-order valence-corrected chi connectivity index (χ0v) is 14.7. The summed E-state index contributed by atoms with van der Waals surface area (Å²) in [6.07, 6.45) is 6.79. The third kappa shape index (κ3) is 5.32. The normalized spacial score (nSPS) is 15.1. The lowest BCUT2D eigenvalue weighted by molar-refractivity contribution is -0.121. The van der Waals surface area contributed by atoms with Crippen molar-refractivity contribution < 1.29 is 4.79 Å². The predicted octanol–water partition coefficient (Wildman–Crippen LogP) is 1.90. The molecule has 1 aliphatic heterocycles. The highest BCUT2D eigenvalue weighted by Gasteiger charge is 2.18. The number of carbonyl (C=O) groups excluding carboxylic acids is 1. The van der Waals surface area contributed by atoms with Crippen molar-refractivity contribution in [2.45, 2.75) is 45.1 Å². The number of hydrogen-bond acceptors (Lipinski definition) is 5. The first kappa shape index (κ1) is 17.5.